The molecule has 126 valence electrons. The fourth-order valence-corrected chi connectivity index (χ4v) is 2.95. The van der Waals surface area contributed by atoms with Gasteiger partial charge < -0.3 is 14.4 Å². The maximum Gasteiger partial charge on any atom is 0.138 e. The summed E-state index contributed by atoms with van der Waals surface area (Å²) in [5.41, 5.74) is 3.13. The number of hydrogen-bond donors (Lipinski definition) is 1. The van der Waals surface area contributed by atoms with Crippen LogP contribution in [0.25, 0.3) is 11.0 Å². The highest BCUT2D eigenvalue weighted by molar-refractivity contribution is 5.76. The lowest BCUT2D eigenvalue weighted by atomic mass is 10.2. The Morgan fingerprint density at radius 3 is 2.79 bits per heavy atom. The zero-order chi connectivity index (χ0) is 16.9. The van der Waals surface area contributed by atoms with Gasteiger partial charge in [-0.1, -0.05) is 37.6 Å². The van der Waals surface area contributed by atoms with Crippen molar-refractivity contribution in [2.45, 2.75) is 39.3 Å². The average Bonchev–Trinajstić information content (AvgIpc) is 2.94. The van der Waals surface area contributed by atoms with Gasteiger partial charge in [-0.15, -0.1) is 0 Å². The minimum absolute atomic E-state index is 0.537. The van der Waals surface area contributed by atoms with Gasteiger partial charge in [-0.05, 0) is 43.2 Å². The normalized spacial score (nSPS) is 12.5. The van der Waals surface area contributed by atoms with E-state index >= 15 is 0 Å². The average molecular weight is 324 g/mol. The minimum Gasteiger partial charge on any atom is -0.492 e. The van der Waals surface area contributed by atoms with E-state index in [2.05, 4.69) is 29.5 Å². The van der Waals surface area contributed by atoms with Crippen LogP contribution < -0.4 is 4.74 Å². The first-order valence-corrected chi connectivity index (χ1v) is 8.51. The van der Waals surface area contributed by atoms with Crippen molar-refractivity contribution in [1.82, 2.24) is 9.55 Å². The molecule has 2 aromatic carbocycles. The van der Waals surface area contributed by atoms with Gasteiger partial charge in [0.1, 0.15) is 24.3 Å². The number of para-hydroxylation sites is 2. The predicted octanol–water partition coefficient (Wildman–Crippen LogP) is 4.26. The van der Waals surface area contributed by atoms with Crippen LogP contribution in [0.2, 0.25) is 0 Å². The van der Waals surface area contributed by atoms with Crippen LogP contribution in [-0.2, 0) is 6.54 Å². The van der Waals surface area contributed by atoms with Crippen molar-refractivity contribution >= 4 is 11.0 Å². The number of aromatic nitrogens is 2. The highest BCUT2D eigenvalue weighted by Crippen LogP contribution is 2.23. The van der Waals surface area contributed by atoms with E-state index in [1.807, 2.05) is 42.5 Å². The van der Waals surface area contributed by atoms with E-state index in [-0.39, 0.29) is 0 Å². The van der Waals surface area contributed by atoms with Crippen molar-refractivity contribution < 1.29 is 9.84 Å². The second kappa shape index (κ2) is 7.49. The van der Waals surface area contributed by atoms with E-state index in [4.69, 9.17) is 4.74 Å². The van der Waals surface area contributed by atoms with Crippen molar-refractivity contribution in [2.24, 2.45) is 0 Å². The van der Waals surface area contributed by atoms with Crippen molar-refractivity contribution in [3.05, 3.63) is 59.9 Å². The van der Waals surface area contributed by atoms with Gasteiger partial charge in [0.15, 0.2) is 0 Å². The lowest BCUT2D eigenvalue weighted by molar-refractivity contribution is 0.151. The van der Waals surface area contributed by atoms with Gasteiger partial charge in [0.05, 0.1) is 17.6 Å². The summed E-state index contributed by atoms with van der Waals surface area (Å²) in [5.74, 6) is 1.60. The number of benzene rings is 2. The molecule has 1 N–H and O–H groups in total. The molecule has 1 atom stereocenters. The molecule has 0 aliphatic heterocycles. The molecule has 0 saturated heterocycles. The number of aliphatic hydroxyl groups is 1. The van der Waals surface area contributed by atoms with Crippen LogP contribution in [0.3, 0.4) is 0 Å². The number of fused-ring (bicyclic) bond motifs is 1. The maximum absolute atomic E-state index is 10.4. The molecular formula is C20H24N2O2. The molecule has 0 saturated carbocycles. The molecule has 24 heavy (non-hydrogen) atoms. The summed E-state index contributed by atoms with van der Waals surface area (Å²) in [6.45, 7) is 5.31. The van der Waals surface area contributed by atoms with Crippen molar-refractivity contribution in [3.63, 3.8) is 0 Å². The molecular weight excluding hydrogens is 300 g/mol. The van der Waals surface area contributed by atoms with E-state index in [1.165, 1.54) is 5.56 Å². The molecule has 1 heterocycles. The first-order valence-electron chi connectivity index (χ1n) is 8.51. The Morgan fingerprint density at radius 2 is 2.00 bits per heavy atom. The van der Waals surface area contributed by atoms with Gasteiger partial charge in [-0.3, -0.25) is 0 Å². The molecule has 0 radical (unpaired) electrons. The third kappa shape index (κ3) is 3.60. The quantitative estimate of drug-likeness (QED) is 0.706. The summed E-state index contributed by atoms with van der Waals surface area (Å²) >= 11 is 0. The third-order valence-electron chi connectivity index (χ3n) is 4.12. The van der Waals surface area contributed by atoms with Crippen LogP contribution in [0.5, 0.6) is 5.75 Å². The molecule has 0 fully saturated rings. The number of hydrogen-bond acceptors (Lipinski definition) is 3. The summed E-state index contributed by atoms with van der Waals surface area (Å²) in [6.07, 6.45) is 1.09. The monoisotopic (exact) mass is 324 g/mol. The zero-order valence-electron chi connectivity index (χ0n) is 14.3. The Labute approximate surface area is 142 Å². The standard InChI is InChI=1S/C20H24N2O2/c1-3-7-19(23)20-21-17-10-4-5-11-18(17)22(20)12-13-24-16-9-6-8-15(2)14-16/h4-6,8-11,14,19,23H,3,7,12-13H2,1-2H3/t19-/m1/s1. The van der Waals surface area contributed by atoms with E-state index < -0.39 is 6.10 Å². The summed E-state index contributed by atoms with van der Waals surface area (Å²) in [4.78, 5) is 4.63. The highest BCUT2D eigenvalue weighted by Gasteiger charge is 2.17. The van der Waals surface area contributed by atoms with Gasteiger partial charge in [0.2, 0.25) is 0 Å². The molecule has 4 heteroatoms. The molecule has 0 spiro atoms. The van der Waals surface area contributed by atoms with E-state index in [9.17, 15) is 5.11 Å². The number of ether oxygens (including phenoxy) is 1. The van der Waals surface area contributed by atoms with Gasteiger partial charge >= 0.3 is 0 Å². The van der Waals surface area contributed by atoms with E-state index in [1.54, 1.807) is 0 Å². The first-order chi connectivity index (χ1) is 11.7. The SMILES string of the molecule is CCC[C@@H](O)c1nc2ccccc2n1CCOc1cccc(C)c1. The van der Waals surface area contributed by atoms with Crippen LogP contribution in [0, 0.1) is 6.92 Å². The minimum atomic E-state index is -0.540. The second-order valence-corrected chi connectivity index (χ2v) is 6.08. The van der Waals surface area contributed by atoms with Crippen LogP contribution in [0.4, 0.5) is 0 Å². The molecule has 0 aliphatic carbocycles. The van der Waals surface area contributed by atoms with Crippen LogP contribution in [-0.4, -0.2) is 21.3 Å². The summed E-state index contributed by atoms with van der Waals surface area (Å²) in [5, 5.41) is 10.4. The molecule has 4 nitrogen and oxygen atoms in total. The molecule has 1 aromatic heterocycles. The summed E-state index contributed by atoms with van der Waals surface area (Å²) in [6, 6.07) is 16.0. The Hall–Kier alpha value is -2.33. The third-order valence-corrected chi connectivity index (χ3v) is 4.12. The highest BCUT2D eigenvalue weighted by atomic mass is 16.5. The van der Waals surface area contributed by atoms with Gasteiger partial charge in [-0.2, -0.15) is 0 Å². The molecule has 3 aromatic rings. The molecule has 3 rings (SSSR count). The zero-order valence-corrected chi connectivity index (χ0v) is 14.3. The van der Waals surface area contributed by atoms with Crippen molar-refractivity contribution in [3.8, 4) is 5.75 Å². The van der Waals surface area contributed by atoms with Crippen LogP contribution in [0.1, 0.15) is 37.3 Å². The van der Waals surface area contributed by atoms with E-state index in [0.29, 0.717) is 19.6 Å². The van der Waals surface area contributed by atoms with Gasteiger partial charge in [0.25, 0.3) is 0 Å². The number of rotatable bonds is 7. The van der Waals surface area contributed by atoms with E-state index in [0.717, 1.165) is 29.0 Å². The lowest BCUT2D eigenvalue weighted by Gasteiger charge is -2.14. The Balaban J connectivity index is 1.80. The van der Waals surface area contributed by atoms with Gasteiger partial charge in [0, 0.05) is 0 Å². The van der Waals surface area contributed by atoms with Crippen molar-refractivity contribution in [2.75, 3.05) is 6.61 Å². The second-order valence-electron chi connectivity index (χ2n) is 6.08. The number of aliphatic hydroxyl groups excluding tert-OH is 1. The smallest absolute Gasteiger partial charge is 0.138 e. The number of aryl methyl sites for hydroxylation is 1. The molecule has 0 bridgehead atoms. The topological polar surface area (TPSA) is 47.3 Å². The Kier molecular flexibility index (Phi) is 5.16. The lowest BCUT2D eigenvalue weighted by Crippen LogP contribution is -2.14. The fourth-order valence-electron chi connectivity index (χ4n) is 2.95. The molecule has 0 amide bonds. The van der Waals surface area contributed by atoms with Gasteiger partial charge in [-0.25, -0.2) is 4.98 Å². The Morgan fingerprint density at radius 1 is 1.17 bits per heavy atom. The fraction of sp³-hybridized carbons (Fsp3) is 0.350. The number of nitrogens with zero attached hydrogens (tertiary/aromatic N) is 2. The molecule has 0 unspecified atom stereocenters. The molecule has 0 aliphatic rings. The largest absolute Gasteiger partial charge is 0.492 e. The maximum atomic E-state index is 10.4. The van der Waals surface area contributed by atoms with Crippen molar-refractivity contribution in [1.29, 1.82) is 0 Å². The number of imidazole rings is 1. The first kappa shape index (κ1) is 16.5. The Bertz CT molecular complexity index is 810. The summed E-state index contributed by atoms with van der Waals surface area (Å²) < 4.78 is 7.95. The van der Waals surface area contributed by atoms with Crippen LogP contribution in [0.15, 0.2) is 48.5 Å². The predicted molar refractivity (Wildman–Crippen MR) is 96.3 cm³/mol. The summed E-state index contributed by atoms with van der Waals surface area (Å²) in [7, 11) is 0. The van der Waals surface area contributed by atoms with Crippen LogP contribution >= 0.6 is 0 Å².